The number of anilines is 1. The lowest BCUT2D eigenvalue weighted by Crippen LogP contribution is -2.50. The van der Waals surface area contributed by atoms with Gasteiger partial charge < -0.3 is 20.3 Å². The first-order valence-corrected chi connectivity index (χ1v) is 9.61. The third kappa shape index (κ3) is 4.15. The van der Waals surface area contributed by atoms with E-state index in [1.54, 1.807) is 7.05 Å². The summed E-state index contributed by atoms with van der Waals surface area (Å²) in [6, 6.07) is 1.01. The van der Waals surface area contributed by atoms with Crippen molar-refractivity contribution in [2.24, 2.45) is 0 Å². The molecular formula is C19H31N5O2. The van der Waals surface area contributed by atoms with Gasteiger partial charge in [-0.1, -0.05) is 0 Å². The molecule has 1 amide bonds. The highest BCUT2D eigenvalue weighted by molar-refractivity contribution is 5.90. The SMILES string of the molecule is CNC(=O)c1nc(C)c(C)c(N2CC[C@@H](NC3CC(OC(C)C)C3)C2)n1. The summed E-state index contributed by atoms with van der Waals surface area (Å²) in [5.74, 6) is 0.888. The van der Waals surface area contributed by atoms with E-state index in [0.717, 1.165) is 49.4 Å². The van der Waals surface area contributed by atoms with E-state index in [9.17, 15) is 4.79 Å². The zero-order chi connectivity index (χ0) is 18.8. The quantitative estimate of drug-likeness (QED) is 0.801. The van der Waals surface area contributed by atoms with Gasteiger partial charge in [-0.05, 0) is 47.0 Å². The van der Waals surface area contributed by atoms with E-state index in [-0.39, 0.29) is 11.7 Å². The second-order valence-corrected chi connectivity index (χ2v) is 7.73. The smallest absolute Gasteiger partial charge is 0.288 e. The van der Waals surface area contributed by atoms with Crippen LogP contribution in [0.3, 0.4) is 0 Å². The molecule has 2 fully saturated rings. The van der Waals surface area contributed by atoms with Crippen molar-refractivity contribution in [3.05, 3.63) is 17.1 Å². The van der Waals surface area contributed by atoms with Gasteiger partial charge in [-0.2, -0.15) is 0 Å². The Morgan fingerprint density at radius 3 is 2.62 bits per heavy atom. The Hall–Kier alpha value is -1.73. The van der Waals surface area contributed by atoms with Gasteiger partial charge in [0, 0.05) is 43.5 Å². The lowest BCUT2D eigenvalue weighted by molar-refractivity contribution is -0.0511. The second-order valence-electron chi connectivity index (χ2n) is 7.73. The molecule has 1 aromatic heterocycles. The molecule has 7 heteroatoms. The van der Waals surface area contributed by atoms with Gasteiger partial charge in [-0.3, -0.25) is 4.79 Å². The van der Waals surface area contributed by atoms with Crippen molar-refractivity contribution in [1.29, 1.82) is 0 Å². The molecule has 1 atom stereocenters. The molecular weight excluding hydrogens is 330 g/mol. The summed E-state index contributed by atoms with van der Waals surface area (Å²) in [5, 5.41) is 6.36. The Morgan fingerprint density at radius 2 is 1.96 bits per heavy atom. The largest absolute Gasteiger partial charge is 0.375 e. The van der Waals surface area contributed by atoms with Gasteiger partial charge in [0.05, 0.1) is 12.2 Å². The van der Waals surface area contributed by atoms with Crippen LogP contribution in [0.5, 0.6) is 0 Å². The second kappa shape index (κ2) is 7.88. The number of rotatable bonds is 6. The number of hydrogen-bond donors (Lipinski definition) is 2. The number of hydrogen-bond acceptors (Lipinski definition) is 6. The number of aryl methyl sites for hydroxylation is 1. The fourth-order valence-corrected chi connectivity index (χ4v) is 3.75. The van der Waals surface area contributed by atoms with Gasteiger partial charge in [0.25, 0.3) is 5.91 Å². The van der Waals surface area contributed by atoms with Crippen LogP contribution in [0.25, 0.3) is 0 Å². The minimum Gasteiger partial charge on any atom is -0.375 e. The van der Waals surface area contributed by atoms with Crippen molar-refractivity contribution in [3.63, 3.8) is 0 Å². The number of nitrogens with one attached hydrogen (secondary N) is 2. The van der Waals surface area contributed by atoms with E-state index in [1.165, 1.54) is 0 Å². The lowest BCUT2D eigenvalue weighted by Gasteiger charge is -2.38. The first-order chi connectivity index (χ1) is 12.4. The van der Waals surface area contributed by atoms with Gasteiger partial charge in [-0.15, -0.1) is 0 Å². The minimum absolute atomic E-state index is 0.242. The van der Waals surface area contributed by atoms with Crippen LogP contribution >= 0.6 is 0 Å². The first kappa shape index (κ1) is 19.0. The molecule has 1 aromatic rings. The fourth-order valence-electron chi connectivity index (χ4n) is 3.75. The summed E-state index contributed by atoms with van der Waals surface area (Å²) < 4.78 is 5.84. The van der Waals surface area contributed by atoms with Crippen LogP contribution in [0.4, 0.5) is 5.82 Å². The Bertz CT molecular complexity index is 658. The molecule has 0 unspecified atom stereocenters. The Kier molecular flexibility index (Phi) is 5.77. The Labute approximate surface area is 155 Å². The van der Waals surface area contributed by atoms with Crippen molar-refractivity contribution in [2.45, 2.75) is 71.2 Å². The van der Waals surface area contributed by atoms with Crippen LogP contribution in [0.15, 0.2) is 0 Å². The highest BCUT2D eigenvalue weighted by Gasteiger charge is 2.34. The summed E-state index contributed by atoms with van der Waals surface area (Å²) in [5.41, 5.74) is 1.91. The third-order valence-electron chi connectivity index (χ3n) is 5.31. The summed E-state index contributed by atoms with van der Waals surface area (Å²) in [4.78, 5) is 23.1. The number of aromatic nitrogens is 2. The molecule has 2 N–H and O–H groups in total. The maximum Gasteiger partial charge on any atom is 0.288 e. The monoisotopic (exact) mass is 361 g/mol. The molecule has 0 radical (unpaired) electrons. The summed E-state index contributed by atoms with van der Waals surface area (Å²) in [6.07, 6.45) is 4.00. The van der Waals surface area contributed by atoms with Crippen molar-refractivity contribution in [3.8, 4) is 0 Å². The van der Waals surface area contributed by atoms with Crippen molar-refractivity contribution < 1.29 is 9.53 Å². The van der Waals surface area contributed by atoms with Crippen LogP contribution in [0.1, 0.15) is 55.0 Å². The molecule has 1 saturated carbocycles. The molecule has 2 aliphatic rings. The van der Waals surface area contributed by atoms with E-state index in [2.05, 4.69) is 39.3 Å². The molecule has 26 heavy (non-hydrogen) atoms. The zero-order valence-corrected chi connectivity index (χ0v) is 16.5. The lowest BCUT2D eigenvalue weighted by atomic mass is 9.88. The van der Waals surface area contributed by atoms with E-state index in [4.69, 9.17) is 4.74 Å². The van der Waals surface area contributed by atoms with Gasteiger partial charge in [0.1, 0.15) is 5.82 Å². The number of nitrogens with zero attached hydrogens (tertiary/aromatic N) is 3. The molecule has 3 rings (SSSR count). The highest BCUT2D eigenvalue weighted by Crippen LogP contribution is 2.28. The number of carbonyl (C=O) groups is 1. The fraction of sp³-hybridized carbons (Fsp3) is 0.737. The maximum absolute atomic E-state index is 11.9. The highest BCUT2D eigenvalue weighted by atomic mass is 16.5. The van der Waals surface area contributed by atoms with E-state index < -0.39 is 0 Å². The summed E-state index contributed by atoms with van der Waals surface area (Å²) >= 11 is 0. The van der Waals surface area contributed by atoms with Gasteiger partial charge in [0.2, 0.25) is 5.82 Å². The molecule has 1 saturated heterocycles. The molecule has 0 spiro atoms. The minimum atomic E-state index is -0.242. The van der Waals surface area contributed by atoms with Crippen LogP contribution in [-0.2, 0) is 4.74 Å². The zero-order valence-electron chi connectivity index (χ0n) is 16.5. The Balaban J connectivity index is 1.59. The average Bonchev–Trinajstić information content (AvgIpc) is 3.02. The number of amides is 1. The van der Waals surface area contributed by atoms with Gasteiger partial charge in [-0.25, -0.2) is 9.97 Å². The normalized spacial score (nSPS) is 25.5. The van der Waals surface area contributed by atoms with Crippen LogP contribution < -0.4 is 15.5 Å². The van der Waals surface area contributed by atoms with Crippen LogP contribution in [-0.4, -0.2) is 60.3 Å². The molecule has 144 valence electrons. The molecule has 0 bridgehead atoms. The number of carbonyl (C=O) groups excluding carboxylic acids is 1. The summed E-state index contributed by atoms with van der Waals surface area (Å²) in [7, 11) is 1.60. The number of ether oxygens (including phenoxy) is 1. The maximum atomic E-state index is 11.9. The van der Waals surface area contributed by atoms with E-state index in [1.807, 2.05) is 13.8 Å². The standard InChI is InChI=1S/C19H31N5O2/c1-11(2)26-16-8-15(9-16)22-14-6-7-24(10-14)18-12(3)13(4)21-17(23-18)19(25)20-5/h11,14-16,22H,6-10H2,1-5H3,(H,20,25)/t14-,15?,16?/m1/s1. The topological polar surface area (TPSA) is 79.4 Å². The van der Waals surface area contributed by atoms with Gasteiger partial charge in [0.15, 0.2) is 0 Å². The molecule has 1 aliphatic heterocycles. The molecule has 2 heterocycles. The molecule has 7 nitrogen and oxygen atoms in total. The van der Waals surface area contributed by atoms with E-state index >= 15 is 0 Å². The third-order valence-corrected chi connectivity index (χ3v) is 5.31. The van der Waals surface area contributed by atoms with Crippen LogP contribution in [0, 0.1) is 13.8 Å². The first-order valence-electron chi connectivity index (χ1n) is 9.61. The Morgan fingerprint density at radius 1 is 1.23 bits per heavy atom. The predicted molar refractivity (Wildman–Crippen MR) is 102 cm³/mol. The summed E-state index contributed by atoms with van der Waals surface area (Å²) in [6.45, 7) is 10.0. The molecule has 1 aliphatic carbocycles. The average molecular weight is 361 g/mol. The predicted octanol–water partition coefficient (Wildman–Crippen LogP) is 1.58. The van der Waals surface area contributed by atoms with Crippen molar-refractivity contribution in [1.82, 2.24) is 20.6 Å². The van der Waals surface area contributed by atoms with E-state index in [0.29, 0.717) is 24.3 Å². The molecule has 0 aromatic carbocycles. The van der Waals surface area contributed by atoms with Crippen molar-refractivity contribution >= 4 is 11.7 Å². The van der Waals surface area contributed by atoms with Crippen LogP contribution in [0.2, 0.25) is 0 Å². The van der Waals surface area contributed by atoms with Gasteiger partial charge >= 0.3 is 0 Å². The van der Waals surface area contributed by atoms with Crippen molar-refractivity contribution in [2.75, 3.05) is 25.0 Å².